The summed E-state index contributed by atoms with van der Waals surface area (Å²) in [4.78, 5) is 16.1. The molecule has 1 saturated carbocycles. The second kappa shape index (κ2) is 7.24. The van der Waals surface area contributed by atoms with Crippen molar-refractivity contribution in [3.63, 3.8) is 0 Å². The molecule has 1 fully saturated rings. The third-order valence-corrected chi connectivity index (χ3v) is 3.87. The molecule has 2 atom stereocenters. The maximum atomic E-state index is 12.1. The van der Waals surface area contributed by atoms with Crippen LogP contribution in [-0.4, -0.2) is 23.5 Å². The van der Waals surface area contributed by atoms with Crippen LogP contribution in [0, 0.1) is 5.92 Å². The standard InChI is InChI=1S/C15H23N3O/c16-14-5-3-1-2-4-13(14)15(19)18-11-8-12-6-9-17-10-7-12/h6-7,9-10,13-14H,1-5,8,11,16H2,(H,18,19). The number of amides is 1. The van der Waals surface area contributed by atoms with Crippen LogP contribution in [0.1, 0.15) is 37.7 Å². The minimum atomic E-state index is -0.0000555. The van der Waals surface area contributed by atoms with Crippen LogP contribution in [0.2, 0.25) is 0 Å². The first-order chi connectivity index (χ1) is 9.27. The zero-order chi connectivity index (χ0) is 13.5. The van der Waals surface area contributed by atoms with Gasteiger partial charge in [-0.2, -0.15) is 0 Å². The minimum Gasteiger partial charge on any atom is -0.355 e. The Bertz CT molecular complexity index is 394. The average Bonchev–Trinajstić information content (AvgIpc) is 2.64. The molecule has 0 saturated heterocycles. The maximum Gasteiger partial charge on any atom is 0.224 e. The molecular weight excluding hydrogens is 238 g/mol. The summed E-state index contributed by atoms with van der Waals surface area (Å²) >= 11 is 0. The van der Waals surface area contributed by atoms with Crippen molar-refractivity contribution in [2.45, 2.75) is 44.6 Å². The number of hydrogen-bond acceptors (Lipinski definition) is 3. The molecule has 0 aromatic carbocycles. The number of rotatable bonds is 4. The second-order valence-electron chi connectivity index (χ2n) is 5.30. The van der Waals surface area contributed by atoms with Gasteiger partial charge in [-0.15, -0.1) is 0 Å². The summed E-state index contributed by atoms with van der Waals surface area (Å²) in [6, 6.07) is 3.98. The van der Waals surface area contributed by atoms with Gasteiger partial charge >= 0.3 is 0 Å². The third kappa shape index (κ3) is 4.31. The van der Waals surface area contributed by atoms with Crippen LogP contribution in [0.25, 0.3) is 0 Å². The molecule has 1 aromatic rings. The minimum absolute atomic E-state index is 0.0000555. The fourth-order valence-electron chi connectivity index (χ4n) is 2.67. The van der Waals surface area contributed by atoms with E-state index >= 15 is 0 Å². The molecule has 2 unspecified atom stereocenters. The monoisotopic (exact) mass is 261 g/mol. The van der Waals surface area contributed by atoms with Gasteiger partial charge in [0.05, 0.1) is 5.92 Å². The van der Waals surface area contributed by atoms with Crippen molar-refractivity contribution < 1.29 is 4.79 Å². The van der Waals surface area contributed by atoms with Crippen LogP contribution in [0.15, 0.2) is 24.5 Å². The number of nitrogens with one attached hydrogen (secondary N) is 1. The first-order valence-corrected chi connectivity index (χ1v) is 7.19. The van der Waals surface area contributed by atoms with Crippen molar-refractivity contribution in [3.8, 4) is 0 Å². The predicted molar refractivity (Wildman–Crippen MR) is 75.5 cm³/mol. The van der Waals surface area contributed by atoms with Gasteiger partial charge in [0.1, 0.15) is 0 Å². The van der Waals surface area contributed by atoms with Crippen LogP contribution >= 0.6 is 0 Å². The van der Waals surface area contributed by atoms with Gasteiger partial charge in [-0.25, -0.2) is 0 Å². The highest BCUT2D eigenvalue weighted by molar-refractivity contribution is 5.79. The summed E-state index contributed by atoms with van der Waals surface area (Å²) in [6.07, 6.45) is 9.78. The van der Waals surface area contributed by atoms with Gasteiger partial charge in [0, 0.05) is 25.0 Å². The Kier molecular flexibility index (Phi) is 5.33. The molecule has 0 aliphatic heterocycles. The van der Waals surface area contributed by atoms with E-state index in [1.165, 1.54) is 12.0 Å². The largest absolute Gasteiger partial charge is 0.355 e. The maximum absolute atomic E-state index is 12.1. The van der Waals surface area contributed by atoms with E-state index in [1.807, 2.05) is 12.1 Å². The lowest BCUT2D eigenvalue weighted by Crippen LogP contribution is -2.41. The highest BCUT2D eigenvalue weighted by atomic mass is 16.1. The van der Waals surface area contributed by atoms with Crippen molar-refractivity contribution in [1.82, 2.24) is 10.3 Å². The summed E-state index contributed by atoms with van der Waals surface area (Å²) in [5.41, 5.74) is 7.29. The zero-order valence-electron chi connectivity index (χ0n) is 11.3. The van der Waals surface area contributed by atoms with Gasteiger partial charge in [-0.3, -0.25) is 9.78 Å². The van der Waals surface area contributed by atoms with Crippen molar-refractivity contribution in [2.75, 3.05) is 6.54 Å². The summed E-state index contributed by atoms with van der Waals surface area (Å²) < 4.78 is 0. The van der Waals surface area contributed by atoms with E-state index in [9.17, 15) is 4.79 Å². The number of aromatic nitrogens is 1. The molecule has 0 bridgehead atoms. The Morgan fingerprint density at radius 3 is 2.79 bits per heavy atom. The van der Waals surface area contributed by atoms with Crippen molar-refractivity contribution in [2.24, 2.45) is 11.7 Å². The van der Waals surface area contributed by atoms with E-state index in [0.29, 0.717) is 6.54 Å². The van der Waals surface area contributed by atoms with Gasteiger partial charge in [0.2, 0.25) is 5.91 Å². The molecule has 19 heavy (non-hydrogen) atoms. The molecule has 4 heteroatoms. The summed E-state index contributed by atoms with van der Waals surface area (Å²) in [5, 5.41) is 3.02. The Morgan fingerprint density at radius 1 is 1.26 bits per heavy atom. The zero-order valence-corrected chi connectivity index (χ0v) is 11.3. The van der Waals surface area contributed by atoms with Crippen molar-refractivity contribution >= 4 is 5.91 Å². The number of pyridine rings is 1. The number of carbonyl (C=O) groups excluding carboxylic acids is 1. The lowest BCUT2D eigenvalue weighted by molar-refractivity contribution is -0.125. The van der Waals surface area contributed by atoms with E-state index in [2.05, 4.69) is 10.3 Å². The van der Waals surface area contributed by atoms with Crippen LogP contribution in [-0.2, 0) is 11.2 Å². The first kappa shape index (κ1) is 14.0. The summed E-state index contributed by atoms with van der Waals surface area (Å²) in [7, 11) is 0. The lowest BCUT2D eigenvalue weighted by Gasteiger charge is -2.20. The van der Waals surface area contributed by atoms with E-state index < -0.39 is 0 Å². The molecule has 1 aliphatic carbocycles. The predicted octanol–water partition coefficient (Wildman–Crippen LogP) is 1.65. The second-order valence-corrected chi connectivity index (χ2v) is 5.30. The van der Waals surface area contributed by atoms with Crippen LogP contribution in [0.5, 0.6) is 0 Å². The molecule has 0 radical (unpaired) electrons. The Morgan fingerprint density at radius 2 is 2.00 bits per heavy atom. The fraction of sp³-hybridized carbons (Fsp3) is 0.600. The van der Waals surface area contributed by atoms with E-state index in [0.717, 1.165) is 32.1 Å². The highest BCUT2D eigenvalue weighted by Gasteiger charge is 2.26. The Balaban J connectivity index is 1.77. The van der Waals surface area contributed by atoms with E-state index in [1.54, 1.807) is 12.4 Å². The van der Waals surface area contributed by atoms with Crippen LogP contribution in [0.4, 0.5) is 0 Å². The highest BCUT2D eigenvalue weighted by Crippen LogP contribution is 2.22. The van der Waals surface area contributed by atoms with Crippen LogP contribution < -0.4 is 11.1 Å². The number of nitrogens with zero attached hydrogens (tertiary/aromatic N) is 1. The van der Waals surface area contributed by atoms with Gasteiger partial charge in [0.15, 0.2) is 0 Å². The van der Waals surface area contributed by atoms with Crippen molar-refractivity contribution in [3.05, 3.63) is 30.1 Å². The third-order valence-electron chi connectivity index (χ3n) is 3.87. The van der Waals surface area contributed by atoms with Gasteiger partial charge in [0.25, 0.3) is 0 Å². The number of hydrogen-bond donors (Lipinski definition) is 2. The molecule has 1 aromatic heterocycles. The number of nitrogens with two attached hydrogens (primary N) is 1. The molecular formula is C15H23N3O. The average molecular weight is 261 g/mol. The molecule has 1 amide bonds. The normalized spacial score (nSPS) is 23.6. The topological polar surface area (TPSA) is 68.0 Å². The van der Waals surface area contributed by atoms with E-state index in [-0.39, 0.29) is 17.9 Å². The van der Waals surface area contributed by atoms with Crippen LogP contribution in [0.3, 0.4) is 0 Å². The first-order valence-electron chi connectivity index (χ1n) is 7.19. The molecule has 0 spiro atoms. The molecule has 4 nitrogen and oxygen atoms in total. The molecule has 2 rings (SSSR count). The lowest BCUT2D eigenvalue weighted by atomic mass is 9.94. The fourth-order valence-corrected chi connectivity index (χ4v) is 2.67. The van der Waals surface area contributed by atoms with Gasteiger partial charge in [-0.1, -0.05) is 19.3 Å². The molecule has 104 valence electrons. The van der Waals surface area contributed by atoms with Gasteiger partial charge in [-0.05, 0) is 37.0 Å². The molecule has 3 N–H and O–H groups in total. The molecule has 1 heterocycles. The SMILES string of the molecule is NC1CCCCCC1C(=O)NCCc1ccncc1. The smallest absolute Gasteiger partial charge is 0.224 e. The van der Waals surface area contributed by atoms with E-state index in [4.69, 9.17) is 5.73 Å². The Labute approximate surface area is 114 Å². The summed E-state index contributed by atoms with van der Waals surface area (Å²) in [6.45, 7) is 0.673. The quantitative estimate of drug-likeness (QED) is 0.810. The summed E-state index contributed by atoms with van der Waals surface area (Å²) in [5.74, 6) is 0.128. The number of carbonyl (C=O) groups is 1. The van der Waals surface area contributed by atoms with Crippen molar-refractivity contribution in [1.29, 1.82) is 0 Å². The Hall–Kier alpha value is -1.42. The molecule has 1 aliphatic rings. The van der Waals surface area contributed by atoms with Gasteiger partial charge < -0.3 is 11.1 Å².